The zero-order chi connectivity index (χ0) is 10.1. The van der Waals surface area contributed by atoms with Crippen LogP contribution >= 0.6 is 12.4 Å². The summed E-state index contributed by atoms with van der Waals surface area (Å²) in [6.45, 7) is 1.91. The van der Waals surface area contributed by atoms with E-state index in [4.69, 9.17) is 10.2 Å². The smallest absolute Gasteiger partial charge is 0.140 e. The fourth-order valence-corrected chi connectivity index (χ4v) is 1.59. The summed E-state index contributed by atoms with van der Waals surface area (Å²) in [4.78, 5) is 0. The molecule has 82 valence electrons. The van der Waals surface area contributed by atoms with Crippen LogP contribution in [0.4, 0.5) is 4.39 Å². The summed E-state index contributed by atoms with van der Waals surface area (Å²) in [5.41, 5.74) is 7.26. The summed E-state index contributed by atoms with van der Waals surface area (Å²) >= 11 is 0. The maximum atomic E-state index is 13.2. The van der Waals surface area contributed by atoms with Crippen molar-refractivity contribution in [3.05, 3.63) is 35.8 Å². The van der Waals surface area contributed by atoms with E-state index >= 15 is 0 Å². The Labute approximate surface area is 93.7 Å². The van der Waals surface area contributed by atoms with Gasteiger partial charge in [-0.05, 0) is 31.0 Å². The molecule has 1 aromatic carbocycles. The van der Waals surface area contributed by atoms with Crippen LogP contribution in [-0.2, 0) is 6.42 Å². The fraction of sp³-hybridized carbons (Fsp3) is 0.273. The largest absolute Gasteiger partial charge is 0.464 e. The standard InChI is InChI=1S/C11H12FNO.ClH/c1-7(13)6-8-2-3-10(12)9-4-5-14-11(8)9;/h2-5,7H,6,13H2,1H3;1H. The van der Waals surface area contributed by atoms with E-state index in [-0.39, 0.29) is 24.3 Å². The summed E-state index contributed by atoms with van der Waals surface area (Å²) in [5, 5.41) is 0.531. The number of hydrogen-bond donors (Lipinski definition) is 1. The number of furan rings is 1. The molecular weight excluding hydrogens is 217 g/mol. The van der Waals surface area contributed by atoms with Crippen LogP contribution in [0.5, 0.6) is 0 Å². The Morgan fingerprint density at radius 2 is 2.13 bits per heavy atom. The van der Waals surface area contributed by atoms with Crippen LogP contribution in [0, 0.1) is 5.82 Å². The first kappa shape index (κ1) is 12.0. The number of nitrogens with two attached hydrogens (primary N) is 1. The van der Waals surface area contributed by atoms with Gasteiger partial charge in [-0.3, -0.25) is 0 Å². The summed E-state index contributed by atoms with van der Waals surface area (Å²) < 4.78 is 18.5. The first-order valence-electron chi connectivity index (χ1n) is 4.58. The van der Waals surface area contributed by atoms with Gasteiger partial charge in [0.15, 0.2) is 0 Å². The molecule has 2 rings (SSSR count). The Morgan fingerprint density at radius 1 is 1.40 bits per heavy atom. The first-order chi connectivity index (χ1) is 6.68. The van der Waals surface area contributed by atoms with Crippen LogP contribution in [0.3, 0.4) is 0 Å². The lowest BCUT2D eigenvalue weighted by Crippen LogP contribution is -2.17. The zero-order valence-electron chi connectivity index (χ0n) is 8.37. The van der Waals surface area contributed by atoms with E-state index in [0.29, 0.717) is 17.4 Å². The number of benzene rings is 1. The summed E-state index contributed by atoms with van der Waals surface area (Å²) in [7, 11) is 0. The van der Waals surface area contributed by atoms with Crippen molar-refractivity contribution in [3.8, 4) is 0 Å². The Morgan fingerprint density at radius 3 is 2.80 bits per heavy atom. The van der Waals surface area contributed by atoms with Crippen molar-refractivity contribution < 1.29 is 8.81 Å². The predicted octanol–water partition coefficient (Wildman–Crippen LogP) is 2.88. The van der Waals surface area contributed by atoms with Gasteiger partial charge in [-0.1, -0.05) is 6.07 Å². The van der Waals surface area contributed by atoms with Crippen molar-refractivity contribution >= 4 is 23.4 Å². The third-order valence-electron chi connectivity index (χ3n) is 2.19. The SMILES string of the molecule is CC(N)Cc1ccc(F)c2ccoc12.Cl. The maximum absolute atomic E-state index is 13.2. The second-order valence-corrected chi connectivity index (χ2v) is 3.55. The summed E-state index contributed by atoms with van der Waals surface area (Å²) in [6.07, 6.45) is 2.20. The van der Waals surface area contributed by atoms with Crippen LogP contribution < -0.4 is 5.73 Å². The molecule has 1 heterocycles. The van der Waals surface area contributed by atoms with E-state index in [1.54, 1.807) is 12.1 Å². The van der Waals surface area contributed by atoms with E-state index in [2.05, 4.69) is 0 Å². The Balaban J connectivity index is 0.00000112. The van der Waals surface area contributed by atoms with Crippen molar-refractivity contribution in [2.45, 2.75) is 19.4 Å². The monoisotopic (exact) mass is 229 g/mol. The minimum Gasteiger partial charge on any atom is -0.464 e. The summed E-state index contributed by atoms with van der Waals surface area (Å²) in [5.74, 6) is -0.248. The third kappa shape index (κ3) is 2.30. The molecule has 0 saturated heterocycles. The van der Waals surface area contributed by atoms with Gasteiger partial charge < -0.3 is 10.2 Å². The second kappa shape index (κ2) is 4.64. The van der Waals surface area contributed by atoms with Crippen molar-refractivity contribution in [3.63, 3.8) is 0 Å². The lowest BCUT2D eigenvalue weighted by Gasteiger charge is -2.05. The molecule has 1 aromatic heterocycles. The predicted molar refractivity (Wildman–Crippen MR) is 60.8 cm³/mol. The number of fused-ring (bicyclic) bond motifs is 1. The highest BCUT2D eigenvalue weighted by atomic mass is 35.5. The normalized spacial score (nSPS) is 12.5. The highest BCUT2D eigenvalue weighted by Gasteiger charge is 2.09. The van der Waals surface area contributed by atoms with Gasteiger partial charge in [-0.15, -0.1) is 12.4 Å². The van der Waals surface area contributed by atoms with E-state index in [1.165, 1.54) is 12.3 Å². The maximum Gasteiger partial charge on any atom is 0.140 e. The topological polar surface area (TPSA) is 39.2 Å². The van der Waals surface area contributed by atoms with Crippen molar-refractivity contribution in [2.75, 3.05) is 0 Å². The first-order valence-corrected chi connectivity index (χ1v) is 4.58. The molecule has 0 aliphatic heterocycles. The number of hydrogen-bond acceptors (Lipinski definition) is 2. The second-order valence-electron chi connectivity index (χ2n) is 3.55. The van der Waals surface area contributed by atoms with Crippen LogP contribution in [0.1, 0.15) is 12.5 Å². The number of halogens is 2. The third-order valence-corrected chi connectivity index (χ3v) is 2.19. The van der Waals surface area contributed by atoms with Crippen molar-refractivity contribution in [2.24, 2.45) is 5.73 Å². The fourth-order valence-electron chi connectivity index (χ4n) is 1.59. The van der Waals surface area contributed by atoms with Gasteiger partial charge in [-0.25, -0.2) is 4.39 Å². The van der Waals surface area contributed by atoms with Gasteiger partial charge in [0, 0.05) is 6.04 Å². The molecule has 2 aromatic rings. The van der Waals surface area contributed by atoms with Gasteiger partial charge in [0.1, 0.15) is 11.4 Å². The molecule has 0 radical (unpaired) electrons. The highest BCUT2D eigenvalue weighted by Crippen LogP contribution is 2.23. The Bertz CT molecular complexity index is 453. The van der Waals surface area contributed by atoms with E-state index < -0.39 is 0 Å². The molecule has 0 aliphatic carbocycles. The molecule has 1 atom stereocenters. The quantitative estimate of drug-likeness (QED) is 0.860. The van der Waals surface area contributed by atoms with Crippen LogP contribution in [0.15, 0.2) is 28.9 Å². The molecule has 0 amide bonds. The molecular formula is C11H13ClFNO. The molecule has 15 heavy (non-hydrogen) atoms. The number of rotatable bonds is 2. The molecule has 2 N–H and O–H groups in total. The Hall–Kier alpha value is -1.06. The van der Waals surface area contributed by atoms with Gasteiger partial charge in [0.2, 0.25) is 0 Å². The van der Waals surface area contributed by atoms with Gasteiger partial charge in [-0.2, -0.15) is 0 Å². The molecule has 0 spiro atoms. The lowest BCUT2D eigenvalue weighted by atomic mass is 10.1. The Kier molecular flexibility index (Phi) is 3.72. The van der Waals surface area contributed by atoms with E-state index in [9.17, 15) is 4.39 Å². The zero-order valence-corrected chi connectivity index (χ0v) is 9.18. The minimum absolute atomic E-state index is 0. The molecule has 2 nitrogen and oxygen atoms in total. The van der Waals surface area contributed by atoms with Crippen molar-refractivity contribution in [1.82, 2.24) is 0 Å². The van der Waals surface area contributed by atoms with Crippen LogP contribution in [0.25, 0.3) is 11.0 Å². The lowest BCUT2D eigenvalue weighted by molar-refractivity contribution is 0.600. The summed E-state index contributed by atoms with van der Waals surface area (Å²) in [6, 6.07) is 4.86. The van der Waals surface area contributed by atoms with Crippen LogP contribution in [-0.4, -0.2) is 6.04 Å². The molecule has 0 fully saturated rings. The highest BCUT2D eigenvalue weighted by molar-refractivity contribution is 5.85. The minimum atomic E-state index is -0.248. The molecule has 4 heteroatoms. The molecule has 0 saturated carbocycles. The molecule has 0 bridgehead atoms. The van der Waals surface area contributed by atoms with E-state index in [1.807, 2.05) is 6.92 Å². The average molecular weight is 230 g/mol. The van der Waals surface area contributed by atoms with E-state index in [0.717, 1.165) is 5.56 Å². The molecule has 1 unspecified atom stereocenters. The van der Waals surface area contributed by atoms with Gasteiger partial charge in [0.05, 0.1) is 11.6 Å². The average Bonchev–Trinajstić information content (AvgIpc) is 2.58. The molecule has 0 aliphatic rings. The van der Waals surface area contributed by atoms with Gasteiger partial charge in [0.25, 0.3) is 0 Å². The van der Waals surface area contributed by atoms with Crippen molar-refractivity contribution in [1.29, 1.82) is 0 Å². The van der Waals surface area contributed by atoms with Crippen LogP contribution in [0.2, 0.25) is 0 Å². The van der Waals surface area contributed by atoms with Gasteiger partial charge >= 0.3 is 0 Å².